The fourth-order valence-corrected chi connectivity index (χ4v) is 3.93. The Morgan fingerprint density at radius 2 is 1.43 bits per heavy atom. The van der Waals surface area contributed by atoms with Crippen LogP contribution in [0.1, 0.15) is 67.2 Å². The summed E-state index contributed by atoms with van der Waals surface area (Å²) in [6.07, 6.45) is 3.71. The first-order chi connectivity index (χ1) is 17.3. The van der Waals surface area contributed by atoms with Crippen LogP contribution in [0.3, 0.4) is 0 Å². The van der Waals surface area contributed by atoms with E-state index in [1.807, 2.05) is 47.8 Å². The van der Waals surface area contributed by atoms with E-state index in [0.29, 0.717) is 25.0 Å². The number of thioether (sulfide) groups is 1. The molecule has 0 bridgehead atoms. The van der Waals surface area contributed by atoms with Crippen LogP contribution in [-0.4, -0.2) is 77.4 Å². The lowest BCUT2D eigenvalue weighted by atomic mass is 9.95. The predicted molar refractivity (Wildman–Crippen MR) is 146 cm³/mol. The molecule has 0 aromatic rings. The van der Waals surface area contributed by atoms with Crippen LogP contribution in [0.2, 0.25) is 0 Å². The molecule has 0 rings (SSSR count). The van der Waals surface area contributed by atoms with E-state index in [4.69, 9.17) is 5.73 Å². The largest absolute Gasteiger partial charge is 0.480 e. The highest BCUT2D eigenvalue weighted by atomic mass is 32.2. The molecule has 0 aromatic carbocycles. The fourth-order valence-electron chi connectivity index (χ4n) is 3.45. The van der Waals surface area contributed by atoms with Gasteiger partial charge in [-0.3, -0.25) is 19.2 Å². The zero-order chi connectivity index (χ0) is 28.7. The molecule has 4 amide bonds. The first-order valence-electron chi connectivity index (χ1n) is 12.9. The molecule has 0 aromatic heterocycles. The van der Waals surface area contributed by atoms with Crippen molar-refractivity contribution in [2.45, 2.75) is 91.4 Å². The molecule has 6 atom stereocenters. The van der Waals surface area contributed by atoms with Crippen molar-refractivity contribution in [2.24, 2.45) is 23.5 Å². The van der Waals surface area contributed by atoms with Gasteiger partial charge in [-0.15, -0.1) is 0 Å². The molecule has 7 N–H and O–H groups in total. The number of amides is 4. The Labute approximate surface area is 225 Å². The second-order valence-corrected chi connectivity index (χ2v) is 10.9. The molecule has 0 aliphatic rings. The van der Waals surface area contributed by atoms with E-state index in [1.54, 1.807) is 0 Å². The quantitative estimate of drug-likeness (QED) is 0.147. The van der Waals surface area contributed by atoms with E-state index in [9.17, 15) is 29.1 Å². The molecular weight excluding hydrogens is 498 g/mol. The van der Waals surface area contributed by atoms with E-state index < -0.39 is 60.3 Å². The van der Waals surface area contributed by atoms with Crippen molar-refractivity contribution in [1.82, 2.24) is 21.3 Å². The number of nitrogens with two attached hydrogens (primary N) is 1. The van der Waals surface area contributed by atoms with Crippen molar-refractivity contribution < 1.29 is 29.1 Å². The first-order valence-corrected chi connectivity index (χ1v) is 14.3. The summed E-state index contributed by atoms with van der Waals surface area (Å²) in [6, 6.07) is -3.65. The minimum absolute atomic E-state index is 0.0415. The monoisotopic (exact) mass is 545 g/mol. The maximum atomic E-state index is 12.9. The molecule has 37 heavy (non-hydrogen) atoms. The number of carbonyl (C=O) groups is 5. The Morgan fingerprint density at radius 1 is 0.838 bits per heavy atom. The normalized spacial score (nSPS) is 16.0. The van der Waals surface area contributed by atoms with Crippen molar-refractivity contribution in [3.8, 4) is 0 Å². The Balaban J connectivity index is 5.25. The number of nitrogens with one attached hydrogen (secondary N) is 4. The van der Waals surface area contributed by atoms with Crippen molar-refractivity contribution >= 4 is 41.4 Å². The molecule has 6 unspecified atom stereocenters. The second-order valence-electron chi connectivity index (χ2n) is 9.93. The standard InChI is InChI=1S/C25H47N5O6S/c1-8-15(5)20(26)23(33)30-21(16(6)9-2)24(34)27-13-19(31)28-18(12-14(3)4)22(32)29-17(25(35)36)10-11-37-7/h14-18,20-21H,8-13,26H2,1-7H3,(H,27,34)(H,28,31)(H,29,32)(H,30,33)(H,35,36). The molecule has 214 valence electrons. The molecule has 0 aliphatic carbocycles. The van der Waals surface area contributed by atoms with Crippen molar-refractivity contribution in [2.75, 3.05) is 18.6 Å². The zero-order valence-corrected chi connectivity index (χ0v) is 24.1. The van der Waals surface area contributed by atoms with Gasteiger partial charge in [-0.05, 0) is 42.6 Å². The minimum Gasteiger partial charge on any atom is -0.480 e. The first kappa shape index (κ1) is 34.7. The van der Waals surface area contributed by atoms with Gasteiger partial charge >= 0.3 is 5.97 Å². The molecule has 0 fully saturated rings. The number of rotatable bonds is 18. The Kier molecular flexibility index (Phi) is 16.9. The van der Waals surface area contributed by atoms with Crippen LogP contribution >= 0.6 is 11.8 Å². The summed E-state index contributed by atoms with van der Waals surface area (Å²) in [7, 11) is 0. The molecule has 0 saturated carbocycles. The maximum Gasteiger partial charge on any atom is 0.326 e. The van der Waals surface area contributed by atoms with Crippen LogP contribution in [0.15, 0.2) is 0 Å². The predicted octanol–water partition coefficient (Wildman–Crippen LogP) is 0.860. The molecule has 0 saturated heterocycles. The molecule has 0 spiro atoms. The summed E-state index contributed by atoms with van der Waals surface area (Å²) in [6.45, 7) is 10.8. The molecule has 0 radical (unpaired) electrons. The van der Waals surface area contributed by atoms with Gasteiger partial charge in [0.2, 0.25) is 23.6 Å². The molecule has 11 nitrogen and oxygen atoms in total. The van der Waals surface area contributed by atoms with Crippen LogP contribution in [0.5, 0.6) is 0 Å². The Hall–Kier alpha value is -2.34. The maximum absolute atomic E-state index is 12.9. The van der Waals surface area contributed by atoms with E-state index >= 15 is 0 Å². The Bertz CT molecular complexity index is 766. The van der Waals surface area contributed by atoms with Gasteiger partial charge in [0.25, 0.3) is 0 Å². The van der Waals surface area contributed by atoms with E-state index in [0.717, 1.165) is 0 Å². The van der Waals surface area contributed by atoms with Gasteiger partial charge in [-0.1, -0.05) is 54.4 Å². The van der Waals surface area contributed by atoms with Crippen molar-refractivity contribution in [1.29, 1.82) is 0 Å². The van der Waals surface area contributed by atoms with Gasteiger partial charge in [0.05, 0.1) is 12.6 Å². The Morgan fingerprint density at radius 3 is 1.92 bits per heavy atom. The summed E-state index contributed by atoms with van der Waals surface area (Å²) in [5.74, 6) is -2.96. The third-order valence-corrected chi connectivity index (χ3v) is 7.00. The van der Waals surface area contributed by atoms with Gasteiger partial charge in [0.1, 0.15) is 18.1 Å². The van der Waals surface area contributed by atoms with Crippen molar-refractivity contribution in [3.05, 3.63) is 0 Å². The number of carboxylic acid groups (broad SMARTS) is 1. The number of hydrogen-bond donors (Lipinski definition) is 6. The van der Waals surface area contributed by atoms with Gasteiger partial charge in [0.15, 0.2) is 0 Å². The average molecular weight is 546 g/mol. The summed E-state index contributed by atoms with van der Waals surface area (Å²) in [5.41, 5.74) is 6.00. The summed E-state index contributed by atoms with van der Waals surface area (Å²) >= 11 is 1.47. The topological polar surface area (TPSA) is 180 Å². The molecule has 0 aliphatic heterocycles. The van der Waals surface area contributed by atoms with Gasteiger partial charge < -0.3 is 32.1 Å². The molecular formula is C25H47N5O6S. The number of aliphatic carboxylic acids is 1. The lowest BCUT2D eigenvalue weighted by Gasteiger charge is -2.27. The molecule has 0 heterocycles. The average Bonchev–Trinajstić information content (AvgIpc) is 2.85. The molecule has 12 heteroatoms. The van der Waals surface area contributed by atoms with Crippen molar-refractivity contribution in [3.63, 3.8) is 0 Å². The van der Waals surface area contributed by atoms with Crippen LogP contribution < -0.4 is 27.0 Å². The van der Waals surface area contributed by atoms with Crippen LogP contribution in [0.4, 0.5) is 0 Å². The lowest BCUT2D eigenvalue weighted by molar-refractivity contribution is -0.142. The number of hydrogen-bond acceptors (Lipinski definition) is 7. The van der Waals surface area contributed by atoms with Crippen LogP contribution in [0, 0.1) is 17.8 Å². The highest BCUT2D eigenvalue weighted by molar-refractivity contribution is 7.98. The SMILES string of the molecule is CCC(C)C(N)C(=O)NC(C(=O)NCC(=O)NC(CC(C)C)C(=O)NC(CCSC)C(=O)O)C(C)CC. The number of carboxylic acids is 1. The van der Waals surface area contributed by atoms with E-state index in [2.05, 4.69) is 21.3 Å². The summed E-state index contributed by atoms with van der Waals surface area (Å²) < 4.78 is 0. The lowest BCUT2D eigenvalue weighted by Crippen LogP contribution is -2.57. The van der Waals surface area contributed by atoms with Crippen LogP contribution in [0.25, 0.3) is 0 Å². The third-order valence-electron chi connectivity index (χ3n) is 6.36. The summed E-state index contributed by atoms with van der Waals surface area (Å²) in [4.78, 5) is 62.3. The van der Waals surface area contributed by atoms with Gasteiger partial charge in [0, 0.05) is 0 Å². The summed E-state index contributed by atoms with van der Waals surface area (Å²) in [5, 5.41) is 19.7. The van der Waals surface area contributed by atoms with Crippen LogP contribution in [-0.2, 0) is 24.0 Å². The second kappa shape index (κ2) is 18.0. The smallest absolute Gasteiger partial charge is 0.326 e. The zero-order valence-electron chi connectivity index (χ0n) is 23.3. The fraction of sp³-hybridized carbons (Fsp3) is 0.800. The van der Waals surface area contributed by atoms with E-state index in [1.165, 1.54) is 11.8 Å². The highest BCUT2D eigenvalue weighted by Crippen LogP contribution is 2.11. The highest BCUT2D eigenvalue weighted by Gasteiger charge is 2.30. The van der Waals surface area contributed by atoms with Gasteiger partial charge in [-0.2, -0.15) is 11.8 Å². The van der Waals surface area contributed by atoms with E-state index in [-0.39, 0.29) is 24.2 Å². The third kappa shape index (κ3) is 13.1. The van der Waals surface area contributed by atoms with Gasteiger partial charge in [-0.25, -0.2) is 4.79 Å². The minimum atomic E-state index is -1.14. The number of carbonyl (C=O) groups excluding carboxylic acids is 4.